The normalized spacial score (nSPS) is 10.1. The SMILES string of the molecule is CC(C)c1cnncn1.CC(C)c1ncncn1. The summed E-state index contributed by atoms with van der Waals surface area (Å²) in [6, 6.07) is 0. The van der Waals surface area contributed by atoms with Crippen LogP contribution in [0.4, 0.5) is 0 Å². The standard InChI is InChI=1S/2C6H9N3/c1-5(2)6-8-3-7-4-9-6;1-5(2)6-3-8-9-4-7-6/h2*3-5H,1-2H3. The number of rotatable bonds is 2. The predicted molar refractivity (Wildman–Crippen MR) is 67.8 cm³/mol. The summed E-state index contributed by atoms with van der Waals surface area (Å²) in [6.45, 7) is 8.25. The minimum absolute atomic E-state index is 0.396. The van der Waals surface area contributed by atoms with Crippen molar-refractivity contribution in [1.82, 2.24) is 30.1 Å². The van der Waals surface area contributed by atoms with Crippen molar-refractivity contribution in [3.8, 4) is 0 Å². The maximum atomic E-state index is 4.00. The Morgan fingerprint density at radius 2 is 1.44 bits per heavy atom. The molecule has 0 saturated heterocycles. The molecule has 0 aliphatic rings. The van der Waals surface area contributed by atoms with E-state index in [2.05, 4.69) is 57.8 Å². The molecule has 2 aromatic heterocycles. The van der Waals surface area contributed by atoms with Crippen LogP contribution < -0.4 is 0 Å². The van der Waals surface area contributed by atoms with Gasteiger partial charge in [-0.1, -0.05) is 27.7 Å². The Balaban J connectivity index is 0.000000180. The van der Waals surface area contributed by atoms with Crippen LogP contribution in [0.15, 0.2) is 25.2 Å². The van der Waals surface area contributed by atoms with Crippen LogP contribution in [-0.2, 0) is 0 Å². The van der Waals surface area contributed by atoms with Crippen LogP contribution in [0.1, 0.15) is 51.0 Å². The summed E-state index contributed by atoms with van der Waals surface area (Å²) < 4.78 is 0. The molecule has 2 rings (SSSR count). The van der Waals surface area contributed by atoms with Crippen LogP contribution in [0.25, 0.3) is 0 Å². The molecule has 0 saturated carbocycles. The summed E-state index contributed by atoms with van der Waals surface area (Å²) >= 11 is 0. The molecule has 0 unspecified atom stereocenters. The average Bonchev–Trinajstić information content (AvgIpc) is 2.41. The Bertz CT molecular complexity index is 385. The topological polar surface area (TPSA) is 77.3 Å². The zero-order chi connectivity index (χ0) is 13.4. The fourth-order valence-electron chi connectivity index (χ4n) is 1.09. The highest BCUT2D eigenvalue weighted by molar-refractivity contribution is 4.96. The fraction of sp³-hybridized carbons (Fsp3) is 0.500. The lowest BCUT2D eigenvalue weighted by molar-refractivity contribution is 0.759. The minimum Gasteiger partial charge on any atom is -0.238 e. The molecule has 0 spiro atoms. The lowest BCUT2D eigenvalue weighted by Crippen LogP contribution is -1.95. The third kappa shape index (κ3) is 4.90. The summed E-state index contributed by atoms with van der Waals surface area (Å²) in [5.74, 6) is 1.69. The van der Waals surface area contributed by atoms with E-state index >= 15 is 0 Å². The van der Waals surface area contributed by atoms with Gasteiger partial charge in [0.1, 0.15) is 24.8 Å². The van der Waals surface area contributed by atoms with E-state index in [0.717, 1.165) is 11.5 Å². The zero-order valence-electron chi connectivity index (χ0n) is 11.1. The van der Waals surface area contributed by atoms with Crippen molar-refractivity contribution in [2.75, 3.05) is 0 Å². The Morgan fingerprint density at radius 1 is 0.778 bits per heavy atom. The first kappa shape index (κ1) is 14.1. The average molecular weight is 246 g/mol. The van der Waals surface area contributed by atoms with Gasteiger partial charge >= 0.3 is 0 Å². The van der Waals surface area contributed by atoms with Crippen LogP contribution in [-0.4, -0.2) is 30.1 Å². The van der Waals surface area contributed by atoms with Crippen molar-refractivity contribution in [3.05, 3.63) is 36.7 Å². The van der Waals surface area contributed by atoms with E-state index in [1.54, 1.807) is 6.20 Å². The monoisotopic (exact) mass is 246 g/mol. The molecular weight excluding hydrogens is 228 g/mol. The molecule has 2 heterocycles. The second kappa shape index (κ2) is 7.37. The highest BCUT2D eigenvalue weighted by atomic mass is 15.1. The van der Waals surface area contributed by atoms with Gasteiger partial charge in [-0.3, -0.25) is 0 Å². The van der Waals surface area contributed by atoms with Crippen molar-refractivity contribution < 1.29 is 0 Å². The molecule has 18 heavy (non-hydrogen) atoms. The first-order chi connectivity index (χ1) is 8.61. The van der Waals surface area contributed by atoms with Gasteiger partial charge in [0, 0.05) is 5.92 Å². The van der Waals surface area contributed by atoms with Crippen molar-refractivity contribution >= 4 is 0 Å². The Labute approximate surface area is 107 Å². The van der Waals surface area contributed by atoms with Gasteiger partial charge in [-0.25, -0.2) is 19.9 Å². The maximum absolute atomic E-state index is 4.00. The Morgan fingerprint density at radius 3 is 1.78 bits per heavy atom. The predicted octanol–water partition coefficient (Wildman–Crippen LogP) is 1.99. The van der Waals surface area contributed by atoms with Gasteiger partial charge < -0.3 is 0 Å². The highest BCUT2D eigenvalue weighted by Gasteiger charge is 1.98. The highest BCUT2D eigenvalue weighted by Crippen LogP contribution is 2.06. The molecule has 0 aliphatic carbocycles. The molecule has 0 radical (unpaired) electrons. The molecule has 96 valence electrons. The van der Waals surface area contributed by atoms with Gasteiger partial charge in [0.05, 0.1) is 11.9 Å². The van der Waals surface area contributed by atoms with Crippen LogP contribution in [0, 0.1) is 0 Å². The van der Waals surface area contributed by atoms with Gasteiger partial charge in [0.15, 0.2) is 0 Å². The summed E-state index contributed by atoms with van der Waals surface area (Å²) in [5, 5.41) is 7.26. The maximum Gasteiger partial charge on any atom is 0.138 e. The van der Waals surface area contributed by atoms with E-state index in [0.29, 0.717) is 11.8 Å². The molecule has 0 aliphatic heterocycles. The van der Waals surface area contributed by atoms with Crippen LogP contribution in [0.3, 0.4) is 0 Å². The van der Waals surface area contributed by atoms with Crippen molar-refractivity contribution in [1.29, 1.82) is 0 Å². The third-order valence-electron chi connectivity index (χ3n) is 2.14. The molecule has 0 amide bonds. The Kier molecular flexibility index (Phi) is 5.76. The first-order valence-corrected chi connectivity index (χ1v) is 5.85. The molecule has 0 N–H and O–H groups in total. The van der Waals surface area contributed by atoms with E-state index in [1.807, 2.05) is 0 Å². The molecule has 0 fully saturated rings. The van der Waals surface area contributed by atoms with E-state index in [-0.39, 0.29) is 0 Å². The van der Waals surface area contributed by atoms with E-state index in [9.17, 15) is 0 Å². The second-order valence-corrected chi connectivity index (χ2v) is 4.34. The van der Waals surface area contributed by atoms with Crippen molar-refractivity contribution in [2.24, 2.45) is 0 Å². The number of nitrogens with zero attached hydrogens (tertiary/aromatic N) is 6. The first-order valence-electron chi connectivity index (χ1n) is 5.85. The summed E-state index contributed by atoms with van der Waals surface area (Å²) in [6.07, 6.45) is 6.19. The van der Waals surface area contributed by atoms with E-state index < -0.39 is 0 Å². The molecule has 6 heteroatoms. The lowest BCUT2D eigenvalue weighted by Gasteiger charge is -1.98. The number of hydrogen-bond acceptors (Lipinski definition) is 6. The lowest BCUT2D eigenvalue weighted by atomic mass is 10.1. The molecule has 0 atom stereocenters. The minimum atomic E-state index is 0.396. The molecule has 2 aromatic rings. The van der Waals surface area contributed by atoms with Gasteiger partial charge in [0.25, 0.3) is 0 Å². The van der Waals surface area contributed by atoms with Crippen molar-refractivity contribution in [3.63, 3.8) is 0 Å². The van der Waals surface area contributed by atoms with E-state index in [4.69, 9.17) is 0 Å². The number of hydrogen-bond donors (Lipinski definition) is 0. The van der Waals surface area contributed by atoms with Gasteiger partial charge in [-0.05, 0) is 5.92 Å². The summed E-state index contributed by atoms with van der Waals surface area (Å²) in [4.78, 5) is 15.6. The van der Waals surface area contributed by atoms with Gasteiger partial charge in [-0.2, -0.15) is 5.10 Å². The Hall–Kier alpha value is -1.98. The van der Waals surface area contributed by atoms with Gasteiger partial charge in [-0.15, -0.1) is 5.10 Å². The zero-order valence-corrected chi connectivity index (χ0v) is 11.1. The number of aromatic nitrogens is 6. The largest absolute Gasteiger partial charge is 0.238 e. The smallest absolute Gasteiger partial charge is 0.138 e. The molecule has 6 nitrogen and oxygen atoms in total. The molecule has 0 bridgehead atoms. The second-order valence-electron chi connectivity index (χ2n) is 4.34. The summed E-state index contributed by atoms with van der Waals surface area (Å²) in [5.41, 5.74) is 0.991. The molecular formula is C12H18N6. The van der Waals surface area contributed by atoms with Crippen LogP contribution in [0.2, 0.25) is 0 Å². The van der Waals surface area contributed by atoms with Gasteiger partial charge in [0.2, 0.25) is 0 Å². The third-order valence-corrected chi connectivity index (χ3v) is 2.14. The van der Waals surface area contributed by atoms with Crippen molar-refractivity contribution in [2.45, 2.75) is 39.5 Å². The fourth-order valence-corrected chi connectivity index (χ4v) is 1.09. The van der Waals surface area contributed by atoms with Crippen LogP contribution >= 0.6 is 0 Å². The quantitative estimate of drug-likeness (QED) is 0.806. The molecule has 0 aromatic carbocycles. The summed E-state index contributed by atoms with van der Waals surface area (Å²) in [7, 11) is 0. The van der Waals surface area contributed by atoms with Crippen LogP contribution in [0.5, 0.6) is 0 Å². The van der Waals surface area contributed by atoms with E-state index in [1.165, 1.54) is 19.0 Å².